The van der Waals surface area contributed by atoms with Gasteiger partial charge in [-0.15, -0.1) is 11.3 Å². The molecule has 0 spiro atoms. The molecule has 0 radical (unpaired) electrons. The highest BCUT2D eigenvalue weighted by atomic mass is 32.1. The molecule has 4 nitrogen and oxygen atoms in total. The Morgan fingerprint density at radius 3 is 2.90 bits per heavy atom. The van der Waals surface area contributed by atoms with Crippen LogP contribution in [0.4, 0.5) is 0 Å². The highest BCUT2D eigenvalue weighted by Gasteiger charge is 2.08. The molecule has 0 fully saturated rings. The summed E-state index contributed by atoms with van der Waals surface area (Å²) >= 11 is 1.64. The predicted octanol–water partition coefficient (Wildman–Crippen LogP) is 1.26. The predicted molar refractivity (Wildman–Crippen MR) is 84.4 cm³/mol. The molecule has 0 saturated carbocycles. The summed E-state index contributed by atoms with van der Waals surface area (Å²) in [6.07, 6.45) is 0. The maximum atomic E-state index is 11.7. The van der Waals surface area contributed by atoms with Gasteiger partial charge in [-0.2, -0.15) is 0 Å². The lowest BCUT2D eigenvalue weighted by Crippen LogP contribution is -2.36. The summed E-state index contributed by atoms with van der Waals surface area (Å²) < 4.78 is 0. The number of hydrogen-bond acceptors (Lipinski definition) is 4. The minimum atomic E-state index is 0.0703. The van der Waals surface area contributed by atoms with Crippen molar-refractivity contribution in [3.05, 3.63) is 21.9 Å². The van der Waals surface area contributed by atoms with Crippen molar-refractivity contribution in [2.75, 3.05) is 26.7 Å². The summed E-state index contributed by atoms with van der Waals surface area (Å²) in [6.45, 7) is 6.44. The van der Waals surface area contributed by atoms with Crippen molar-refractivity contribution >= 4 is 17.2 Å². The van der Waals surface area contributed by atoms with E-state index in [-0.39, 0.29) is 5.91 Å². The van der Waals surface area contributed by atoms with E-state index in [1.165, 1.54) is 4.88 Å². The Balaban J connectivity index is 2.40. The number of nitrogens with one attached hydrogen (secondary N) is 1. The van der Waals surface area contributed by atoms with Gasteiger partial charge in [-0.25, -0.2) is 0 Å². The summed E-state index contributed by atoms with van der Waals surface area (Å²) in [5, 5.41) is 2.92. The highest BCUT2D eigenvalue weighted by Crippen LogP contribution is 2.16. The Morgan fingerprint density at radius 2 is 2.25 bits per heavy atom. The van der Waals surface area contributed by atoms with Crippen LogP contribution in [0.25, 0.3) is 0 Å². The summed E-state index contributed by atoms with van der Waals surface area (Å²) in [6, 6.07) is 4.04. The van der Waals surface area contributed by atoms with Gasteiger partial charge in [0, 0.05) is 18.0 Å². The molecule has 3 N–H and O–H groups in total. The highest BCUT2D eigenvalue weighted by molar-refractivity contribution is 7.12. The van der Waals surface area contributed by atoms with Crippen LogP contribution in [-0.4, -0.2) is 37.5 Å². The van der Waals surface area contributed by atoms with Gasteiger partial charge >= 0.3 is 0 Å². The summed E-state index contributed by atoms with van der Waals surface area (Å²) in [5.41, 5.74) is 5.35. The Kier molecular flexibility index (Phi) is 7.31. The largest absolute Gasteiger partial charge is 0.355 e. The van der Waals surface area contributed by atoms with Gasteiger partial charge in [0.2, 0.25) is 5.91 Å². The third-order valence-electron chi connectivity index (χ3n) is 2.52. The van der Waals surface area contributed by atoms with Gasteiger partial charge in [-0.1, -0.05) is 25.7 Å². The number of rotatable bonds is 6. The molecule has 1 rings (SSSR count). The van der Waals surface area contributed by atoms with Gasteiger partial charge in [0.15, 0.2) is 0 Å². The fourth-order valence-corrected chi connectivity index (χ4v) is 2.57. The van der Waals surface area contributed by atoms with Crippen LogP contribution in [0.15, 0.2) is 12.1 Å². The normalized spacial score (nSPS) is 10.5. The van der Waals surface area contributed by atoms with E-state index < -0.39 is 0 Å². The number of amides is 1. The Morgan fingerprint density at radius 1 is 1.50 bits per heavy atom. The second kappa shape index (κ2) is 8.75. The molecule has 0 aliphatic carbocycles. The van der Waals surface area contributed by atoms with E-state index in [1.807, 2.05) is 24.1 Å². The van der Waals surface area contributed by atoms with E-state index in [9.17, 15) is 4.79 Å². The number of carbonyl (C=O) groups is 1. The van der Waals surface area contributed by atoms with Crippen LogP contribution in [0.1, 0.15) is 23.6 Å². The van der Waals surface area contributed by atoms with Gasteiger partial charge in [0.25, 0.3) is 0 Å². The Hall–Kier alpha value is -1.35. The molecule has 0 bridgehead atoms. The SMILES string of the molecule is CC(C)CNC(=O)CN(C)Cc1ccc(C#CCN)s1. The van der Waals surface area contributed by atoms with Crippen molar-refractivity contribution in [2.45, 2.75) is 20.4 Å². The second-order valence-corrected chi connectivity index (χ2v) is 6.31. The van der Waals surface area contributed by atoms with Crippen LogP contribution >= 0.6 is 11.3 Å². The lowest BCUT2D eigenvalue weighted by Gasteiger charge is -2.15. The van der Waals surface area contributed by atoms with E-state index >= 15 is 0 Å². The molecular weight excluding hydrogens is 270 g/mol. The number of thiophene rings is 1. The van der Waals surface area contributed by atoms with Crippen LogP contribution in [0, 0.1) is 17.8 Å². The standard InChI is InChI=1S/C15H23N3OS/c1-12(2)9-17-15(19)11-18(3)10-14-7-6-13(20-14)5-4-8-16/h6-7,12H,8-11,16H2,1-3H3,(H,17,19). The lowest BCUT2D eigenvalue weighted by molar-refractivity contribution is -0.122. The third kappa shape index (κ3) is 6.71. The Bertz CT molecular complexity index is 485. The molecule has 1 aromatic heterocycles. The molecule has 0 aromatic carbocycles. The Labute approximate surface area is 125 Å². The fourth-order valence-electron chi connectivity index (χ4n) is 1.61. The van der Waals surface area contributed by atoms with Gasteiger partial charge in [-0.3, -0.25) is 9.69 Å². The zero-order chi connectivity index (χ0) is 15.0. The summed E-state index contributed by atoms with van der Waals surface area (Å²) in [7, 11) is 1.94. The second-order valence-electron chi connectivity index (χ2n) is 5.14. The average molecular weight is 293 g/mol. The van der Waals surface area contributed by atoms with Crippen LogP contribution in [0.2, 0.25) is 0 Å². The molecule has 1 heterocycles. The van der Waals surface area contributed by atoms with Crippen LogP contribution in [-0.2, 0) is 11.3 Å². The maximum absolute atomic E-state index is 11.7. The lowest BCUT2D eigenvalue weighted by atomic mass is 10.2. The number of nitrogens with two attached hydrogens (primary N) is 1. The molecule has 1 amide bonds. The van der Waals surface area contributed by atoms with Crippen molar-refractivity contribution in [1.29, 1.82) is 0 Å². The topological polar surface area (TPSA) is 58.4 Å². The van der Waals surface area contributed by atoms with E-state index in [2.05, 4.69) is 31.0 Å². The van der Waals surface area contributed by atoms with Gasteiger partial charge in [0.05, 0.1) is 18.0 Å². The maximum Gasteiger partial charge on any atom is 0.234 e. The molecule has 1 aromatic rings. The first-order valence-electron chi connectivity index (χ1n) is 6.74. The monoisotopic (exact) mass is 293 g/mol. The molecule has 0 saturated heterocycles. The van der Waals surface area contributed by atoms with Crippen molar-refractivity contribution < 1.29 is 4.79 Å². The molecule has 0 atom stereocenters. The number of likely N-dealkylation sites (N-methyl/N-ethyl adjacent to an activating group) is 1. The number of nitrogens with zero attached hydrogens (tertiary/aromatic N) is 1. The van der Waals surface area contributed by atoms with Gasteiger partial charge in [-0.05, 0) is 25.1 Å². The fraction of sp³-hybridized carbons (Fsp3) is 0.533. The molecule has 0 aliphatic heterocycles. The van der Waals surface area contributed by atoms with Crippen molar-refractivity contribution in [3.63, 3.8) is 0 Å². The molecule has 0 aliphatic rings. The van der Waals surface area contributed by atoms with Gasteiger partial charge in [0.1, 0.15) is 0 Å². The molecule has 5 heteroatoms. The number of carbonyl (C=O) groups excluding carboxylic acids is 1. The summed E-state index contributed by atoms with van der Waals surface area (Å²) in [5.74, 6) is 6.41. The van der Waals surface area contributed by atoms with Crippen molar-refractivity contribution in [2.24, 2.45) is 11.7 Å². The summed E-state index contributed by atoms with van der Waals surface area (Å²) in [4.78, 5) is 15.9. The third-order valence-corrected chi connectivity index (χ3v) is 3.51. The average Bonchev–Trinajstić information content (AvgIpc) is 2.81. The van der Waals surface area contributed by atoms with E-state index in [0.717, 1.165) is 18.0 Å². The quantitative estimate of drug-likeness (QED) is 0.776. The van der Waals surface area contributed by atoms with E-state index in [0.29, 0.717) is 19.0 Å². The zero-order valence-corrected chi connectivity index (χ0v) is 13.2. The minimum absolute atomic E-state index is 0.0703. The van der Waals surface area contributed by atoms with Crippen LogP contribution < -0.4 is 11.1 Å². The van der Waals surface area contributed by atoms with Crippen LogP contribution in [0.3, 0.4) is 0 Å². The van der Waals surface area contributed by atoms with Crippen molar-refractivity contribution in [1.82, 2.24) is 10.2 Å². The molecular formula is C15H23N3OS. The first-order chi connectivity index (χ1) is 9.51. The molecule has 0 unspecified atom stereocenters. The first kappa shape index (κ1) is 16.7. The van der Waals surface area contributed by atoms with Crippen molar-refractivity contribution in [3.8, 4) is 11.8 Å². The molecule has 110 valence electrons. The van der Waals surface area contributed by atoms with Gasteiger partial charge < -0.3 is 11.1 Å². The smallest absolute Gasteiger partial charge is 0.234 e. The van der Waals surface area contributed by atoms with Crippen LogP contribution in [0.5, 0.6) is 0 Å². The molecule has 20 heavy (non-hydrogen) atoms. The van der Waals surface area contributed by atoms with E-state index in [1.54, 1.807) is 11.3 Å². The first-order valence-corrected chi connectivity index (χ1v) is 7.55. The zero-order valence-electron chi connectivity index (χ0n) is 12.4. The van der Waals surface area contributed by atoms with E-state index in [4.69, 9.17) is 5.73 Å². The number of hydrogen-bond donors (Lipinski definition) is 2. The minimum Gasteiger partial charge on any atom is -0.355 e.